The van der Waals surface area contributed by atoms with Crippen molar-refractivity contribution in [1.29, 1.82) is 0 Å². The smallest absolute Gasteiger partial charge is 0.330 e. The molecule has 4 nitrogen and oxygen atoms in total. The number of rotatable bonds is 6. The van der Waals surface area contributed by atoms with Crippen molar-refractivity contribution >= 4 is 5.97 Å². The number of hydrogen-bond acceptors (Lipinski definition) is 4. The van der Waals surface area contributed by atoms with Crippen LogP contribution in [0.3, 0.4) is 0 Å². The van der Waals surface area contributed by atoms with Crippen LogP contribution in [0.2, 0.25) is 0 Å². The zero-order valence-corrected chi connectivity index (χ0v) is 12.3. The fourth-order valence-electron chi connectivity index (χ4n) is 1.53. The fraction of sp³-hybridized carbons (Fsp3) is 0.438. The topological polar surface area (TPSA) is 55.8 Å². The number of esters is 1. The number of carbonyl (C=O) groups is 1. The van der Waals surface area contributed by atoms with Gasteiger partial charge in [-0.3, -0.25) is 0 Å². The van der Waals surface area contributed by atoms with Gasteiger partial charge in [-0.2, -0.15) is 0 Å². The standard InChI is InChI=1S/C16H22O4/c1-5-15(18)20-11-13(17)10-19-14-8-6-7-12(9-14)16(2,3)4/h5-9,13,17H,1,10-11H2,2-4H3. The van der Waals surface area contributed by atoms with Gasteiger partial charge in [0.1, 0.15) is 25.1 Å². The van der Waals surface area contributed by atoms with Crippen LogP contribution < -0.4 is 4.74 Å². The number of ether oxygens (including phenoxy) is 2. The molecule has 1 aromatic rings. The van der Waals surface area contributed by atoms with Gasteiger partial charge in [-0.15, -0.1) is 0 Å². The summed E-state index contributed by atoms with van der Waals surface area (Å²) in [6, 6.07) is 7.73. The summed E-state index contributed by atoms with van der Waals surface area (Å²) in [6.07, 6.45) is 0.192. The molecule has 1 rings (SSSR count). The summed E-state index contributed by atoms with van der Waals surface area (Å²) < 4.78 is 10.2. The van der Waals surface area contributed by atoms with Crippen LogP contribution in [0, 0.1) is 0 Å². The van der Waals surface area contributed by atoms with Crippen LogP contribution in [-0.2, 0) is 14.9 Å². The third kappa shape index (κ3) is 5.45. The van der Waals surface area contributed by atoms with Crippen LogP contribution in [0.4, 0.5) is 0 Å². The number of aliphatic hydroxyl groups excluding tert-OH is 1. The zero-order valence-electron chi connectivity index (χ0n) is 12.3. The van der Waals surface area contributed by atoms with Gasteiger partial charge >= 0.3 is 5.97 Å². The molecule has 1 aromatic carbocycles. The second-order valence-corrected chi connectivity index (χ2v) is 5.58. The summed E-state index contributed by atoms with van der Waals surface area (Å²) in [5.74, 6) is 0.130. The van der Waals surface area contributed by atoms with Gasteiger partial charge in [0.2, 0.25) is 0 Å². The van der Waals surface area contributed by atoms with Crippen molar-refractivity contribution in [3.05, 3.63) is 42.5 Å². The molecular formula is C16H22O4. The molecule has 0 aliphatic heterocycles. The van der Waals surface area contributed by atoms with Crippen LogP contribution in [0.5, 0.6) is 5.75 Å². The van der Waals surface area contributed by atoms with Crippen LogP contribution in [-0.4, -0.2) is 30.4 Å². The zero-order chi connectivity index (χ0) is 15.2. The number of hydrogen-bond donors (Lipinski definition) is 1. The summed E-state index contributed by atoms with van der Waals surface area (Å²) in [5.41, 5.74) is 1.19. The normalized spacial score (nSPS) is 12.6. The quantitative estimate of drug-likeness (QED) is 0.641. The summed E-state index contributed by atoms with van der Waals surface area (Å²) in [6.45, 7) is 9.60. The number of benzene rings is 1. The molecule has 4 heteroatoms. The minimum absolute atomic E-state index is 0.0392. The maximum atomic E-state index is 10.9. The summed E-state index contributed by atoms with van der Waals surface area (Å²) in [5, 5.41) is 9.65. The second kappa shape index (κ2) is 7.10. The summed E-state index contributed by atoms with van der Waals surface area (Å²) >= 11 is 0. The van der Waals surface area contributed by atoms with Crippen molar-refractivity contribution in [2.45, 2.75) is 32.3 Å². The first-order valence-electron chi connectivity index (χ1n) is 6.53. The molecule has 0 bridgehead atoms. The lowest BCUT2D eigenvalue weighted by molar-refractivity contribution is -0.141. The molecule has 0 saturated carbocycles. The van der Waals surface area contributed by atoms with E-state index in [0.29, 0.717) is 5.75 Å². The number of aliphatic hydroxyl groups is 1. The van der Waals surface area contributed by atoms with Gasteiger partial charge in [0.25, 0.3) is 0 Å². The average molecular weight is 278 g/mol. The predicted molar refractivity (Wildman–Crippen MR) is 77.8 cm³/mol. The first kappa shape index (κ1) is 16.2. The molecule has 1 atom stereocenters. The molecule has 20 heavy (non-hydrogen) atoms. The fourth-order valence-corrected chi connectivity index (χ4v) is 1.53. The lowest BCUT2D eigenvalue weighted by Crippen LogP contribution is -2.24. The van der Waals surface area contributed by atoms with E-state index in [9.17, 15) is 9.90 Å². The van der Waals surface area contributed by atoms with E-state index in [4.69, 9.17) is 9.47 Å². The van der Waals surface area contributed by atoms with E-state index in [1.807, 2.05) is 24.3 Å². The van der Waals surface area contributed by atoms with E-state index in [-0.39, 0.29) is 18.6 Å². The Hall–Kier alpha value is -1.81. The van der Waals surface area contributed by atoms with Gasteiger partial charge in [-0.1, -0.05) is 39.5 Å². The third-order valence-electron chi connectivity index (χ3n) is 2.73. The van der Waals surface area contributed by atoms with E-state index in [1.54, 1.807) is 0 Å². The van der Waals surface area contributed by atoms with Crippen LogP contribution in [0.25, 0.3) is 0 Å². The van der Waals surface area contributed by atoms with Crippen molar-refractivity contribution in [1.82, 2.24) is 0 Å². The highest BCUT2D eigenvalue weighted by Crippen LogP contribution is 2.25. The Bertz CT molecular complexity index is 460. The lowest BCUT2D eigenvalue weighted by Gasteiger charge is -2.20. The largest absolute Gasteiger partial charge is 0.491 e. The molecule has 0 fully saturated rings. The highest BCUT2D eigenvalue weighted by molar-refractivity contribution is 5.81. The number of carbonyl (C=O) groups excluding carboxylic acids is 1. The molecule has 0 aromatic heterocycles. The Morgan fingerprint density at radius 3 is 2.70 bits per heavy atom. The van der Waals surface area contributed by atoms with E-state index in [1.165, 1.54) is 0 Å². The molecule has 1 unspecified atom stereocenters. The Balaban J connectivity index is 2.49. The Kier molecular flexibility index (Phi) is 5.77. The first-order chi connectivity index (χ1) is 9.32. The molecule has 0 spiro atoms. The van der Waals surface area contributed by atoms with Gasteiger partial charge in [0, 0.05) is 6.08 Å². The van der Waals surface area contributed by atoms with Crippen molar-refractivity contribution in [2.24, 2.45) is 0 Å². The second-order valence-electron chi connectivity index (χ2n) is 5.58. The van der Waals surface area contributed by atoms with Gasteiger partial charge in [-0.25, -0.2) is 4.79 Å². The molecule has 1 N–H and O–H groups in total. The Morgan fingerprint density at radius 1 is 1.40 bits per heavy atom. The first-order valence-corrected chi connectivity index (χ1v) is 6.53. The molecule has 0 aliphatic carbocycles. The molecule has 0 saturated heterocycles. The monoisotopic (exact) mass is 278 g/mol. The predicted octanol–water partition coefficient (Wildman–Crippen LogP) is 2.45. The minimum Gasteiger partial charge on any atom is -0.491 e. The SMILES string of the molecule is C=CC(=O)OCC(O)COc1cccc(C(C)(C)C)c1. The van der Waals surface area contributed by atoms with E-state index < -0.39 is 12.1 Å². The average Bonchev–Trinajstić information content (AvgIpc) is 2.41. The molecule has 0 radical (unpaired) electrons. The molecule has 0 aliphatic rings. The molecular weight excluding hydrogens is 256 g/mol. The van der Waals surface area contributed by atoms with Crippen molar-refractivity contribution in [3.63, 3.8) is 0 Å². The Labute approximate surface area is 120 Å². The lowest BCUT2D eigenvalue weighted by atomic mass is 9.87. The third-order valence-corrected chi connectivity index (χ3v) is 2.73. The molecule has 110 valence electrons. The van der Waals surface area contributed by atoms with E-state index in [2.05, 4.69) is 27.4 Å². The van der Waals surface area contributed by atoms with E-state index >= 15 is 0 Å². The van der Waals surface area contributed by atoms with Gasteiger partial charge in [0.05, 0.1) is 0 Å². The van der Waals surface area contributed by atoms with Crippen molar-refractivity contribution in [3.8, 4) is 5.75 Å². The molecule has 0 amide bonds. The van der Waals surface area contributed by atoms with Crippen LogP contribution in [0.15, 0.2) is 36.9 Å². The summed E-state index contributed by atoms with van der Waals surface area (Å²) in [7, 11) is 0. The van der Waals surface area contributed by atoms with Crippen LogP contribution >= 0.6 is 0 Å². The van der Waals surface area contributed by atoms with Crippen molar-refractivity contribution < 1.29 is 19.4 Å². The molecule has 0 heterocycles. The highest BCUT2D eigenvalue weighted by atomic mass is 16.5. The summed E-state index contributed by atoms with van der Waals surface area (Å²) in [4.78, 5) is 10.9. The van der Waals surface area contributed by atoms with E-state index in [0.717, 1.165) is 11.6 Å². The van der Waals surface area contributed by atoms with Gasteiger partial charge in [-0.05, 0) is 23.1 Å². The van der Waals surface area contributed by atoms with Crippen molar-refractivity contribution in [2.75, 3.05) is 13.2 Å². The van der Waals surface area contributed by atoms with Crippen LogP contribution in [0.1, 0.15) is 26.3 Å². The highest BCUT2D eigenvalue weighted by Gasteiger charge is 2.14. The van der Waals surface area contributed by atoms with Gasteiger partial charge in [0.15, 0.2) is 0 Å². The Morgan fingerprint density at radius 2 is 2.10 bits per heavy atom. The maximum Gasteiger partial charge on any atom is 0.330 e. The minimum atomic E-state index is -0.864. The maximum absolute atomic E-state index is 10.9. The van der Waals surface area contributed by atoms with Gasteiger partial charge < -0.3 is 14.6 Å².